The Morgan fingerprint density at radius 2 is 1.88 bits per heavy atom. The van der Waals surface area contributed by atoms with E-state index >= 15 is 0 Å². The first-order chi connectivity index (χ1) is 8.02. The molecule has 90 valence electrons. The summed E-state index contributed by atoms with van der Waals surface area (Å²) in [6.07, 6.45) is 4.87. The highest BCUT2D eigenvalue weighted by Gasteiger charge is 2.20. The number of hydrogen-bond donors (Lipinski definition) is 0. The van der Waals surface area contributed by atoms with Gasteiger partial charge in [0.2, 0.25) is 0 Å². The van der Waals surface area contributed by atoms with E-state index in [-0.39, 0.29) is 5.41 Å². The highest BCUT2D eigenvalue weighted by Crippen LogP contribution is 2.35. The lowest BCUT2D eigenvalue weighted by atomic mass is 9.81. The Hall–Kier alpha value is -0.980. The number of isothiocyanates is 1. The van der Waals surface area contributed by atoms with Gasteiger partial charge in [-0.05, 0) is 66.1 Å². The van der Waals surface area contributed by atoms with E-state index in [1.807, 2.05) is 0 Å². The number of thiocarbonyl (C=S) groups is 1. The predicted molar refractivity (Wildman–Crippen MR) is 76.5 cm³/mol. The van der Waals surface area contributed by atoms with Crippen LogP contribution in [0.3, 0.4) is 0 Å². The molecular weight excluding hydrogens is 226 g/mol. The molecule has 0 saturated heterocycles. The fraction of sp³-hybridized carbons (Fsp3) is 0.533. The number of benzene rings is 1. The van der Waals surface area contributed by atoms with Gasteiger partial charge in [0.25, 0.3) is 0 Å². The fourth-order valence-electron chi connectivity index (χ4n) is 2.43. The lowest BCUT2D eigenvalue weighted by molar-refractivity contribution is 0.586. The Balaban J connectivity index is 2.60. The molecule has 0 aliphatic heterocycles. The molecule has 2 heteroatoms. The van der Waals surface area contributed by atoms with Crippen LogP contribution in [0.2, 0.25) is 0 Å². The molecule has 0 aromatic heterocycles. The van der Waals surface area contributed by atoms with Gasteiger partial charge in [0.1, 0.15) is 0 Å². The van der Waals surface area contributed by atoms with E-state index in [0.29, 0.717) is 0 Å². The molecule has 17 heavy (non-hydrogen) atoms. The zero-order valence-electron chi connectivity index (χ0n) is 10.8. The number of aryl methyl sites for hydroxylation is 1. The van der Waals surface area contributed by atoms with Gasteiger partial charge < -0.3 is 0 Å². The first-order valence-corrected chi connectivity index (χ1v) is 6.67. The largest absolute Gasteiger partial charge is 0.194 e. The molecule has 1 aliphatic rings. The first kappa shape index (κ1) is 12.5. The summed E-state index contributed by atoms with van der Waals surface area (Å²) in [5, 5.41) is 2.52. The minimum absolute atomic E-state index is 0.165. The maximum absolute atomic E-state index is 4.76. The van der Waals surface area contributed by atoms with Crippen LogP contribution in [0, 0.1) is 0 Å². The summed E-state index contributed by atoms with van der Waals surface area (Å²) in [6.45, 7) is 6.72. The van der Waals surface area contributed by atoms with Gasteiger partial charge in [-0.2, -0.15) is 4.99 Å². The van der Waals surface area contributed by atoms with Crippen LogP contribution in [-0.2, 0) is 18.3 Å². The highest BCUT2D eigenvalue weighted by molar-refractivity contribution is 7.78. The van der Waals surface area contributed by atoms with Crippen LogP contribution in [0.5, 0.6) is 0 Å². The Kier molecular flexibility index (Phi) is 3.46. The van der Waals surface area contributed by atoms with Gasteiger partial charge in [-0.15, -0.1) is 0 Å². The summed E-state index contributed by atoms with van der Waals surface area (Å²) in [6, 6.07) is 4.54. The van der Waals surface area contributed by atoms with Gasteiger partial charge in [-0.3, -0.25) is 0 Å². The highest BCUT2D eigenvalue weighted by atomic mass is 32.1. The van der Waals surface area contributed by atoms with Crippen molar-refractivity contribution in [2.24, 2.45) is 4.99 Å². The van der Waals surface area contributed by atoms with Crippen LogP contribution in [-0.4, -0.2) is 5.16 Å². The molecule has 1 aromatic rings. The third-order valence-electron chi connectivity index (χ3n) is 3.47. The molecule has 0 heterocycles. The molecule has 0 N–H and O–H groups in total. The molecular formula is C15H19NS. The number of fused-ring (bicyclic) bond motifs is 1. The standard InChI is InChI=1S/C15H19NS/c1-15(2,3)12-8-11-6-4-5-7-13(11)14(9-12)16-10-17/h8-9H,4-7H2,1-3H3. The van der Waals surface area contributed by atoms with Crippen molar-refractivity contribution in [3.05, 3.63) is 28.8 Å². The normalized spacial score (nSPS) is 15.0. The summed E-state index contributed by atoms with van der Waals surface area (Å²) in [5.41, 5.74) is 5.41. The fourth-order valence-corrected chi connectivity index (χ4v) is 2.52. The lowest BCUT2D eigenvalue weighted by Crippen LogP contribution is -2.13. The number of aliphatic imine (C=N–C) groups is 1. The van der Waals surface area contributed by atoms with Gasteiger partial charge in [0.15, 0.2) is 0 Å². The average Bonchev–Trinajstić information content (AvgIpc) is 2.28. The van der Waals surface area contributed by atoms with E-state index in [9.17, 15) is 0 Å². The number of rotatable bonds is 1. The van der Waals surface area contributed by atoms with Gasteiger partial charge >= 0.3 is 0 Å². The molecule has 1 aliphatic carbocycles. The van der Waals surface area contributed by atoms with Crippen molar-refractivity contribution in [2.45, 2.75) is 51.9 Å². The monoisotopic (exact) mass is 245 g/mol. The van der Waals surface area contributed by atoms with E-state index in [0.717, 1.165) is 12.1 Å². The molecule has 0 radical (unpaired) electrons. The molecule has 0 fully saturated rings. The van der Waals surface area contributed by atoms with Crippen molar-refractivity contribution in [3.8, 4) is 0 Å². The second-order valence-corrected chi connectivity index (χ2v) is 5.98. The maximum atomic E-state index is 4.76. The second-order valence-electron chi connectivity index (χ2n) is 5.79. The average molecular weight is 245 g/mol. The van der Waals surface area contributed by atoms with Crippen LogP contribution < -0.4 is 0 Å². The summed E-state index contributed by atoms with van der Waals surface area (Å²) < 4.78 is 0. The van der Waals surface area contributed by atoms with Crippen molar-refractivity contribution < 1.29 is 0 Å². The molecule has 0 bridgehead atoms. The predicted octanol–water partition coefficient (Wildman–Crippen LogP) is 4.60. The van der Waals surface area contributed by atoms with E-state index < -0.39 is 0 Å². The Morgan fingerprint density at radius 3 is 2.53 bits per heavy atom. The van der Waals surface area contributed by atoms with Crippen LogP contribution in [0.4, 0.5) is 5.69 Å². The van der Waals surface area contributed by atoms with E-state index in [2.05, 4.69) is 43.1 Å². The van der Waals surface area contributed by atoms with Crippen molar-refractivity contribution in [2.75, 3.05) is 0 Å². The lowest BCUT2D eigenvalue weighted by Gasteiger charge is -2.24. The van der Waals surface area contributed by atoms with E-state index in [4.69, 9.17) is 12.2 Å². The molecule has 1 nitrogen and oxygen atoms in total. The minimum Gasteiger partial charge on any atom is -0.194 e. The Bertz CT molecular complexity index is 476. The number of hydrogen-bond acceptors (Lipinski definition) is 2. The molecule has 0 amide bonds. The Morgan fingerprint density at radius 1 is 1.18 bits per heavy atom. The number of nitrogens with zero attached hydrogens (tertiary/aromatic N) is 1. The van der Waals surface area contributed by atoms with Crippen LogP contribution in [0.15, 0.2) is 17.1 Å². The summed E-state index contributed by atoms with van der Waals surface area (Å²) in [5.74, 6) is 0. The van der Waals surface area contributed by atoms with Crippen molar-refractivity contribution in [1.82, 2.24) is 0 Å². The molecule has 0 unspecified atom stereocenters. The summed E-state index contributed by atoms with van der Waals surface area (Å²) in [4.78, 5) is 4.26. The van der Waals surface area contributed by atoms with E-state index in [1.54, 1.807) is 0 Å². The van der Waals surface area contributed by atoms with Crippen LogP contribution in [0.1, 0.15) is 50.3 Å². The SMILES string of the molecule is CC(C)(C)c1cc2c(c(N=C=S)c1)CCCC2. The maximum Gasteiger partial charge on any atom is 0.0777 e. The Labute approximate surface area is 109 Å². The summed E-state index contributed by atoms with van der Waals surface area (Å²) >= 11 is 4.76. The van der Waals surface area contributed by atoms with Crippen molar-refractivity contribution in [3.63, 3.8) is 0 Å². The van der Waals surface area contributed by atoms with Crippen LogP contribution in [0.25, 0.3) is 0 Å². The third kappa shape index (κ3) is 2.65. The molecule has 0 spiro atoms. The smallest absolute Gasteiger partial charge is 0.0777 e. The molecule has 0 atom stereocenters. The molecule has 1 aromatic carbocycles. The second kappa shape index (κ2) is 4.72. The zero-order valence-corrected chi connectivity index (χ0v) is 11.7. The minimum atomic E-state index is 0.165. The topological polar surface area (TPSA) is 12.4 Å². The zero-order chi connectivity index (χ0) is 12.5. The van der Waals surface area contributed by atoms with Crippen molar-refractivity contribution >= 4 is 23.1 Å². The van der Waals surface area contributed by atoms with Gasteiger partial charge in [-0.1, -0.05) is 26.8 Å². The van der Waals surface area contributed by atoms with E-state index in [1.165, 1.54) is 36.0 Å². The van der Waals surface area contributed by atoms with Gasteiger partial charge in [-0.25, -0.2) is 0 Å². The quantitative estimate of drug-likeness (QED) is 0.520. The molecule has 2 rings (SSSR count). The van der Waals surface area contributed by atoms with Gasteiger partial charge in [0.05, 0.1) is 10.8 Å². The third-order valence-corrected chi connectivity index (χ3v) is 3.57. The van der Waals surface area contributed by atoms with Gasteiger partial charge in [0, 0.05) is 0 Å². The first-order valence-electron chi connectivity index (χ1n) is 6.26. The molecule has 0 saturated carbocycles. The van der Waals surface area contributed by atoms with Crippen LogP contribution >= 0.6 is 12.2 Å². The van der Waals surface area contributed by atoms with Crippen molar-refractivity contribution in [1.29, 1.82) is 0 Å². The summed E-state index contributed by atoms with van der Waals surface area (Å²) in [7, 11) is 0.